The van der Waals surface area contributed by atoms with Gasteiger partial charge in [-0.15, -0.1) is 15.9 Å². The van der Waals surface area contributed by atoms with Gasteiger partial charge in [-0.2, -0.15) is 4.31 Å². The third-order valence-corrected chi connectivity index (χ3v) is 9.23. The maximum atomic E-state index is 12.3. The van der Waals surface area contributed by atoms with E-state index in [1.807, 2.05) is 37.4 Å². The molecule has 1 aliphatic rings. The zero-order valence-electron chi connectivity index (χ0n) is 23.2. The molecule has 0 spiro atoms. The Labute approximate surface area is 231 Å². The number of aryl methyl sites for hydroxylation is 2. The number of benzene rings is 1. The Hall–Kier alpha value is -2.83. The second-order valence-corrected chi connectivity index (χ2v) is 13.0. The van der Waals surface area contributed by atoms with Gasteiger partial charge in [-0.05, 0) is 67.9 Å². The van der Waals surface area contributed by atoms with Crippen molar-refractivity contribution in [2.45, 2.75) is 78.2 Å². The van der Waals surface area contributed by atoms with Gasteiger partial charge in [-0.25, -0.2) is 0 Å². The summed E-state index contributed by atoms with van der Waals surface area (Å²) in [4.78, 5) is 16.9. The first-order valence-corrected chi connectivity index (χ1v) is 14.7. The fourth-order valence-corrected chi connectivity index (χ4v) is 6.73. The van der Waals surface area contributed by atoms with Crippen LogP contribution >= 0.6 is 10.8 Å². The first kappa shape index (κ1) is 29.2. The first-order chi connectivity index (χ1) is 18.4. The van der Waals surface area contributed by atoms with Crippen LogP contribution in [-0.2, 0) is 35.6 Å². The molecule has 0 bridgehead atoms. The Bertz CT molecular complexity index is 1310. The topological polar surface area (TPSA) is 134 Å². The molecule has 0 saturated heterocycles. The molecule has 0 radical (unpaired) electrons. The summed E-state index contributed by atoms with van der Waals surface area (Å²) in [6.07, 6.45) is 5.92. The van der Waals surface area contributed by atoms with Crippen molar-refractivity contribution in [2.24, 2.45) is 11.3 Å². The maximum absolute atomic E-state index is 12.3. The van der Waals surface area contributed by atoms with Crippen LogP contribution in [0.4, 0.5) is 0 Å². The Morgan fingerprint density at radius 3 is 2.77 bits per heavy atom. The van der Waals surface area contributed by atoms with E-state index >= 15 is 0 Å². The van der Waals surface area contributed by atoms with Crippen molar-refractivity contribution in [1.29, 1.82) is 0 Å². The van der Waals surface area contributed by atoms with Crippen molar-refractivity contribution in [2.75, 3.05) is 6.54 Å². The number of fused-ring (bicyclic) bond motifs is 1. The number of carboxylic acid groups (broad SMARTS) is 1. The van der Waals surface area contributed by atoms with Gasteiger partial charge in [0.05, 0.1) is 35.4 Å². The lowest BCUT2D eigenvalue weighted by Gasteiger charge is -2.43. The molecule has 4 rings (SSSR count). The van der Waals surface area contributed by atoms with E-state index in [1.54, 1.807) is 35.2 Å². The predicted molar refractivity (Wildman–Crippen MR) is 149 cm³/mol. The number of aliphatic carboxylic acids is 1. The van der Waals surface area contributed by atoms with E-state index in [4.69, 9.17) is 4.74 Å². The number of hydrogen-bond donors (Lipinski definition) is 3. The van der Waals surface area contributed by atoms with Gasteiger partial charge >= 0.3 is 5.97 Å². The van der Waals surface area contributed by atoms with Gasteiger partial charge in [-0.1, -0.05) is 37.3 Å². The smallest absolute Gasteiger partial charge is 0.312 e. The number of carbonyl (C=O) groups is 1. The van der Waals surface area contributed by atoms with Crippen LogP contribution in [0.1, 0.15) is 68.2 Å². The van der Waals surface area contributed by atoms with Crippen LogP contribution in [0.3, 0.4) is 0 Å². The molecule has 0 aliphatic carbocycles. The Balaban J connectivity index is 1.64. The summed E-state index contributed by atoms with van der Waals surface area (Å²) in [5.74, 6) is -0.782. The Morgan fingerprint density at radius 2 is 2.05 bits per heavy atom. The number of carboxylic acids is 1. The molecule has 212 valence electrons. The van der Waals surface area contributed by atoms with Crippen LogP contribution in [0.5, 0.6) is 0 Å². The van der Waals surface area contributed by atoms with E-state index in [0.717, 1.165) is 36.1 Å². The molecule has 3 aromatic rings. The second-order valence-electron chi connectivity index (χ2n) is 11.0. The quantitative estimate of drug-likeness (QED) is 0.296. The van der Waals surface area contributed by atoms with Gasteiger partial charge in [0.25, 0.3) is 0 Å². The second kappa shape index (κ2) is 11.7. The molecule has 3 heterocycles. The molecule has 0 saturated carbocycles. The first-order valence-electron chi connectivity index (χ1n) is 13.2. The van der Waals surface area contributed by atoms with Crippen molar-refractivity contribution >= 4 is 16.7 Å². The molecule has 10 nitrogen and oxygen atoms in total. The lowest BCUT2D eigenvalue weighted by molar-refractivity contribution is -0.158. The number of nitrogens with zero attached hydrogens (tertiary/aromatic N) is 5. The Kier molecular flexibility index (Phi) is 8.77. The third-order valence-electron chi connectivity index (χ3n) is 7.27. The van der Waals surface area contributed by atoms with Crippen LogP contribution in [-0.4, -0.2) is 51.0 Å². The summed E-state index contributed by atoms with van der Waals surface area (Å²) in [5.41, 5.74) is 2.82. The molecule has 0 fully saturated rings. The summed E-state index contributed by atoms with van der Waals surface area (Å²) in [6.45, 7) is 11.0. The van der Waals surface area contributed by atoms with E-state index in [-0.39, 0.29) is 19.1 Å². The highest BCUT2D eigenvalue weighted by Crippen LogP contribution is 2.55. The van der Waals surface area contributed by atoms with E-state index in [0.29, 0.717) is 22.7 Å². The molecule has 0 unspecified atom stereocenters. The average molecular weight is 558 g/mol. The van der Waals surface area contributed by atoms with Crippen LogP contribution in [0.2, 0.25) is 0 Å². The minimum atomic E-state index is -3.26. The summed E-state index contributed by atoms with van der Waals surface area (Å²) >= 11 is 0. The molecule has 2 aromatic heterocycles. The Morgan fingerprint density at radius 1 is 1.28 bits per heavy atom. The fourth-order valence-electron chi connectivity index (χ4n) is 4.97. The molecular weight excluding hydrogens is 518 g/mol. The third kappa shape index (κ3) is 6.33. The monoisotopic (exact) mass is 557 g/mol. The molecule has 39 heavy (non-hydrogen) atoms. The number of rotatable bonds is 10. The van der Waals surface area contributed by atoms with Crippen molar-refractivity contribution in [3.8, 4) is 0 Å². The molecule has 1 aromatic carbocycles. The zero-order valence-corrected chi connectivity index (χ0v) is 24.1. The molecule has 0 amide bonds. The molecular formula is C28H39N5O5S. The van der Waals surface area contributed by atoms with E-state index < -0.39 is 28.3 Å². The summed E-state index contributed by atoms with van der Waals surface area (Å²) < 4.78 is 32.4. The highest BCUT2D eigenvalue weighted by atomic mass is 32.3. The lowest BCUT2D eigenvalue weighted by atomic mass is 9.81. The maximum Gasteiger partial charge on any atom is 0.312 e. The summed E-state index contributed by atoms with van der Waals surface area (Å²) in [6, 6.07) is 7.59. The number of aromatic nitrogens is 4. The van der Waals surface area contributed by atoms with Crippen molar-refractivity contribution in [3.63, 3.8) is 0 Å². The molecule has 2 atom stereocenters. The predicted octanol–water partition coefficient (Wildman–Crippen LogP) is 5.48. The normalized spacial score (nSPS) is 19.2. The largest absolute Gasteiger partial charge is 0.481 e. The van der Waals surface area contributed by atoms with Crippen LogP contribution in [0.25, 0.3) is 0 Å². The highest BCUT2D eigenvalue weighted by Gasteiger charge is 2.40. The van der Waals surface area contributed by atoms with Gasteiger partial charge < -0.3 is 9.84 Å². The lowest BCUT2D eigenvalue weighted by Crippen LogP contribution is -2.33. The number of pyridine rings is 1. The zero-order chi connectivity index (χ0) is 28.4. The van der Waals surface area contributed by atoms with Gasteiger partial charge in [0, 0.05) is 25.8 Å². The standard InChI is InChI=1S/C28H39N5O5S/c1-6-11-32-17-24(30-31-32)18-38-26(28(4,5)27(34)35)22-8-7-20(3)23(13-22)16-33-15-19(2)12-21-9-10-29-14-25(21)39(33,36)37/h7-10,13-14,17,19,26,36-37H,6,11-12,15-16,18H2,1-5H3,(H,34,35)/t19-,26-/m1/s1. The number of ether oxygens (including phenoxy) is 1. The van der Waals surface area contributed by atoms with E-state index in [9.17, 15) is 19.0 Å². The van der Waals surface area contributed by atoms with Crippen LogP contribution in [0.15, 0.2) is 47.8 Å². The van der Waals surface area contributed by atoms with Gasteiger partial charge in [0.2, 0.25) is 0 Å². The van der Waals surface area contributed by atoms with Crippen LogP contribution in [0, 0.1) is 18.3 Å². The highest BCUT2D eigenvalue weighted by molar-refractivity contribution is 8.22. The van der Waals surface area contributed by atoms with Crippen molar-refractivity contribution < 1.29 is 23.7 Å². The minimum absolute atomic E-state index is 0.113. The van der Waals surface area contributed by atoms with E-state index in [1.165, 1.54) is 0 Å². The summed E-state index contributed by atoms with van der Waals surface area (Å²) in [5, 5.41) is 18.3. The molecule has 3 N–H and O–H groups in total. The molecule has 11 heteroatoms. The van der Waals surface area contributed by atoms with E-state index in [2.05, 4.69) is 29.1 Å². The average Bonchev–Trinajstić information content (AvgIpc) is 3.29. The SMILES string of the molecule is CCCn1cc(CO[C@H](c2ccc(C)c(CN3C[C@H](C)Cc4ccncc4S3(O)O)c2)C(C)(C)C(=O)O)nn1. The minimum Gasteiger partial charge on any atom is -0.481 e. The summed E-state index contributed by atoms with van der Waals surface area (Å²) in [7, 11) is -3.26. The van der Waals surface area contributed by atoms with Crippen molar-refractivity contribution in [3.05, 3.63) is 70.8 Å². The van der Waals surface area contributed by atoms with Crippen molar-refractivity contribution in [1.82, 2.24) is 24.3 Å². The van der Waals surface area contributed by atoms with Gasteiger partial charge in [0.15, 0.2) is 0 Å². The number of hydrogen-bond acceptors (Lipinski definition) is 8. The fraction of sp³-hybridized carbons (Fsp3) is 0.500. The molecule has 1 aliphatic heterocycles. The van der Waals surface area contributed by atoms with Crippen LogP contribution < -0.4 is 0 Å². The van der Waals surface area contributed by atoms with Gasteiger partial charge in [-0.3, -0.25) is 23.6 Å². The van der Waals surface area contributed by atoms with Gasteiger partial charge in [0.1, 0.15) is 5.69 Å².